The standard InChI is InChI=1S/C17H26N2/c1-17(2,3)14-6-4-7-15(12-14)19-11-10-18-9-5-8-16(18)13-19/h4,6-7,12,16H,5,8-11,13H2,1-3H3/t16-/m1/s1. The van der Waals surface area contributed by atoms with E-state index in [0.29, 0.717) is 0 Å². The molecule has 0 saturated carbocycles. The third-order valence-corrected chi connectivity index (χ3v) is 4.66. The van der Waals surface area contributed by atoms with Crippen LogP contribution < -0.4 is 4.90 Å². The van der Waals surface area contributed by atoms with Gasteiger partial charge >= 0.3 is 0 Å². The first-order chi connectivity index (χ1) is 9.04. The zero-order valence-electron chi connectivity index (χ0n) is 12.5. The summed E-state index contributed by atoms with van der Waals surface area (Å²) in [5.41, 5.74) is 3.10. The van der Waals surface area contributed by atoms with Crippen LogP contribution in [0, 0.1) is 0 Å². The number of hydrogen-bond donors (Lipinski definition) is 0. The fraction of sp³-hybridized carbons (Fsp3) is 0.647. The van der Waals surface area contributed by atoms with Gasteiger partial charge in [0.2, 0.25) is 0 Å². The second kappa shape index (κ2) is 4.82. The van der Waals surface area contributed by atoms with E-state index in [0.717, 1.165) is 6.04 Å². The van der Waals surface area contributed by atoms with Crippen molar-refractivity contribution in [2.75, 3.05) is 31.1 Å². The Morgan fingerprint density at radius 3 is 2.74 bits per heavy atom. The van der Waals surface area contributed by atoms with E-state index in [1.165, 1.54) is 50.3 Å². The molecule has 0 aliphatic carbocycles. The van der Waals surface area contributed by atoms with Gasteiger partial charge < -0.3 is 4.90 Å². The van der Waals surface area contributed by atoms with Gasteiger partial charge in [-0.05, 0) is 42.5 Å². The maximum atomic E-state index is 2.67. The number of rotatable bonds is 1. The Kier molecular flexibility index (Phi) is 3.30. The third-order valence-electron chi connectivity index (χ3n) is 4.66. The Morgan fingerprint density at radius 1 is 1.11 bits per heavy atom. The molecule has 19 heavy (non-hydrogen) atoms. The molecule has 2 saturated heterocycles. The van der Waals surface area contributed by atoms with Gasteiger partial charge in [0.1, 0.15) is 0 Å². The quantitative estimate of drug-likeness (QED) is 0.763. The molecule has 0 N–H and O–H groups in total. The van der Waals surface area contributed by atoms with Crippen LogP contribution in [0.15, 0.2) is 24.3 Å². The van der Waals surface area contributed by atoms with E-state index < -0.39 is 0 Å². The summed E-state index contributed by atoms with van der Waals surface area (Å²) in [6.45, 7) is 11.8. The molecule has 2 heterocycles. The first-order valence-corrected chi connectivity index (χ1v) is 7.63. The normalized spacial score (nSPS) is 24.6. The molecule has 0 bridgehead atoms. The Balaban J connectivity index is 1.79. The van der Waals surface area contributed by atoms with Gasteiger partial charge in [0, 0.05) is 31.4 Å². The van der Waals surface area contributed by atoms with Crippen LogP contribution in [-0.4, -0.2) is 37.1 Å². The van der Waals surface area contributed by atoms with Gasteiger partial charge in [-0.3, -0.25) is 4.90 Å². The minimum Gasteiger partial charge on any atom is -0.369 e. The summed E-state index contributed by atoms with van der Waals surface area (Å²) in [6, 6.07) is 9.95. The number of anilines is 1. The molecule has 1 atom stereocenters. The van der Waals surface area contributed by atoms with Crippen LogP contribution >= 0.6 is 0 Å². The van der Waals surface area contributed by atoms with E-state index in [9.17, 15) is 0 Å². The van der Waals surface area contributed by atoms with Crippen LogP contribution in [0.5, 0.6) is 0 Å². The molecular formula is C17H26N2. The second-order valence-corrected chi connectivity index (χ2v) is 7.08. The Bertz CT molecular complexity index is 447. The minimum absolute atomic E-state index is 0.241. The number of fused-ring (bicyclic) bond motifs is 1. The molecule has 0 unspecified atom stereocenters. The van der Waals surface area contributed by atoms with Crippen molar-refractivity contribution in [3.8, 4) is 0 Å². The number of nitrogens with zero attached hydrogens (tertiary/aromatic N) is 2. The van der Waals surface area contributed by atoms with Crippen molar-refractivity contribution in [3.05, 3.63) is 29.8 Å². The summed E-state index contributed by atoms with van der Waals surface area (Å²) in [5.74, 6) is 0. The lowest BCUT2D eigenvalue weighted by Gasteiger charge is -2.39. The molecule has 1 aromatic carbocycles. The van der Waals surface area contributed by atoms with Gasteiger partial charge in [-0.25, -0.2) is 0 Å². The van der Waals surface area contributed by atoms with Crippen LogP contribution in [0.1, 0.15) is 39.2 Å². The zero-order chi connectivity index (χ0) is 13.5. The van der Waals surface area contributed by atoms with Crippen LogP contribution in [0.4, 0.5) is 5.69 Å². The second-order valence-electron chi connectivity index (χ2n) is 7.08. The van der Waals surface area contributed by atoms with Crippen molar-refractivity contribution in [2.24, 2.45) is 0 Å². The van der Waals surface area contributed by atoms with E-state index in [1.807, 2.05) is 0 Å². The van der Waals surface area contributed by atoms with Gasteiger partial charge in [0.15, 0.2) is 0 Å². The molecule has 2 heteroatoms. The van der Waals surface area contributed by atoms with E-state index in [1.54, 1.807) is 0 Å². The van der Waals surface area contributed by atoms with Crippen molar-refractivity contribution >= 4 is 5.69 Å². The molecule has 3 rings (SSSR count). The van der Waals surface area contributed by atoms with Gasteiger partial charge in [-0.1, -0.05) is 32.9 Å². The number of benzene rings is 1. The molecule has 0 radical (unpaired) electrons. The Labute approximate surface area is 117 Å². The SMILES string of the molecule is CC(C)(C)c1cccc(N2CCN3CCC[C@@H]3C2)c1. The zero-order valence-corrected chi connectivity index (χ0v) is 12.5. The van der Waals surface area contributed by atoms with Crippen molar-refractivity contribution in [2.45, 2.75) is 45.1 Å². The fourth-order valence-corrected chi connectivity index (χ4v) is 3.39. The lowest BCUT2D eigenvalue weighted by Crippen LogP contribution is -2.50. The highest BCUT2D eigenvalue weighted by Crippen LogP contribution is 2.29. The summed E-state index contributed by atoms with van der Waals surface area (Å²) in [6.07, 6.45) is 2.77. The highest BCUT2D eigenvalue weighted by Gasteiger charge is 2.30. The molecule has 0 spiro atoms. The minimum atomic E-state index is 0.241. The average molecular weight is 258 g/mol. The summed E-state index contributed by atoms with van der Waals surface area (Å²) < 4.78 is 0. The molecule has 2 aliphatic heterocycles. The predicted octanol–water partition coefficient (Wildman–Crippen LogP) is 3.27. The van der Waals surface area contributed by atoms with Crippen LogP contribution in [-0.2, 0) is 5.41 Å². The highest BCUT2D eigenvalue weighted by molar-refractivity contribution is 5.50. The maximum Gasteiger partial charge on any atom is 0.0370 e. The molecule has 104 valence electrons. The first kappa shape index (κ1) is 13.0. The number of piperazine rings is 1. The van der Waals surface area contributed by atoms with Crippen molar-refractivity contribution in [1.29, 1.82) is 0 Å². The van der Waals surface area contributed by atoms with E-state index >= 15 is 0 Å². The fourth-order valence-electron chi connectivity index (χ4n) is 3.39. The van der Waals surface area contributed by atoms with E-state index in [2.05, 4.69) is 54.8 Å². The Morgan fingerprint density at radius 2 is 1.95 bits per heavy atom. The van der Waals surface area contributed by atoms with Gasteiger partial charge in [0.25, 0.3) is 0 Å². The molecule has 2 aliphatic rings. The van der Waals surface area contributed by atoms with Crippen LogP contribution in [0.3, 0.4) is 0 Å². The van der Waals surface area contributed by atoms with Crippen LogP contribution in [0.25, 0.3) is 0 Å². The summed E-state index contributed by atoms with van der Waals surface area (Å²) in [7, 11) is 0. The summed E-state index contributed by atoms with van der Waals surface area (Å²) in [5, 5.41) is 0. The Hall–Kier alpha value is -1.02. The van der Waals surface area contributed by atoms with Crippen molar-refractivity contribution < 1.29 is 0 Å². The molecule has 1 aromatic rings. The third kappa shape index (κ3) is 2.64. The van der Waals surface area contributed by atoms with E-state index in [4.69, 9.17) is 0 Å². The predicted molar refractivity (Wildman–Crippen MR) is 82.0 cm³/mol. The molecule has 0 aromatic heterocycles. The van der Waals surface area contributed by atoms with Crippen LogP contribution in [0.2, 0.25) is 0 Å². The molecule has 0 amide bonds. The lowest BCUT2D eigenvalue weighted by atomic mass is 9.87. The van der Waals surface area contributed by atoms with Gasteiger partial charge in [-0.15, -0.1) is 0 Å². The maximum absolute atomic E-state index is 2.67. The van der Waals surface area contributed by atoms with Gasteiger partial charge in [0.05, 0.1) is 0 Å². The topological polar surface area (TPSA) is 6.48 Å². The lowest BCUT2D eigenvalue weighted by molar-refractivity contribution is 0.231. The molecular weight excluding hydrogens is 232 g/mol. The van der Waals surface area contributed by atoms with E-state index in [-0.39, 0.29) is 5.41 Å². The largest absolute Gasteiger partial charge is 0.369 e. The smallest absolute Gasteiger partial charge is 0.0370 e. The molecule has 2 nitrogen and oxygen atoms in total. The van der Waals surface area contributed by atoms with Gasteiger partial charge in [-0.2, -0.15) is 0 Å². The highest BCUT2D eigenvalue weighted by atomic mass is 15.3. The van der Waals surface area contributed by atoms with Crippen molar-refractivity contribution in [1.82, 2.24) is 4.90 Å². The average Bonchev–Trinajstić information content (AvgIpc) is 2.85. The summed E-state index contributed by atoms with van der Waals surface area (Å²) in [4.78, 5) is 5.26. The summed E-state index contributed by atoms with van der Waals surface area (Å²) >= 11 is 0. The first-order valence-electron chi connectivity index (χ1n) is 7.63. The number of hydrogen-bond acceptors (Lipinski definition) is 2. The monoisotopic (exact) mass is 258 g/mol. The van der Waals surface area contributed by atoms with Crippen molar-refractivity contribution in [3.63, 3.8) is 0 Å². The molecule has 2 fully saturated rings.